The molecule has 0 unspecified atom stereocenters. The summed E-state index contributed by atoms with van der Waals surface area (Å²) in [6, 6.07) is 14.0. The molecule has 0 radical (unpaired) electrons. The molecular formula is C19H16N2OS2. The van der Waals surface area contributed by atoms with Crippen molar-refractivity contribution < 1.29 is 4.74 Å². The van der Waals surface area contributed by atoms with Gasteiger partial charge in [-0.3, -0.25) is 0 Å². The van der Waals surface area contributed by atoms with Crippen LogP contribution in [0.3, 0.4) is 0 Å². The van der Waals surface area contributed by atoms with E-state index in [9.17, 15) is 5.26 Å². The summed E-state index contributed by atoms with van der Waals surface area (Å²) in [5.74, 6) is 0.829. The van der Waals surface area contributed by atoms with E-state index in [1.807, 2.05) is 67.1 Å². The smallest absolute Gasteiger partial charge is 0.134 e. The molecule has 2 aromatic heterocycles. The van der Waals surface area contributed by atoms with Crippen molar-refractivity contribution in [3.05, 3.63) is 57.7 Å². The van der Waals surface area contributed by atoms with Crippen molar-refractivity contribution in [3.8, 4) is 22.4 Å². The van der Waals surface area contributed by atoms with E-state index in [0.29, 0.717) is 5.57 Å². The van der Waals surface area contributed by atoms with Crippen molar-refractivity contribution in [2.45, 2.75) is 20.0 Å². The molecule has 0 fully saturated rings. The summed E-state index contributed by atoms with van der Waals surface area (Å²) in [4.78, 5) is 5.71. The highest BCUT2D eigenvalue weighted by molar-refractivity contribution is 7.14. The van der Waals surface area contributed by atoms with Gasteiger partial charge in [0.1, 0.15) is 16.8 Å². The number of rotatable bonds is 5. The van der Waals surface area contributed by atoms with Gasteiger partial charge in [0, 0.05) is 5.38 Å². The van der Waals surface area contributed by atoms with Gasteiger partial charge in [0.05, 0.1) is 22.2 Å². The van der Waals surface area contributed by atoms with Crippen LogP contribution in [-0.2, 0) is 0 Å². The van der Waals surface area contributed by atoms with E-state index in [2.05, 4.69) is 11.1 Å². The molecule has 0 aliphatic rings. The van der Waals surface area contributed by atoms with Crippen LogP contribution >= 0.6 is 22.7 Å². The lowest BCUT2D eigenvalue weighted by molar-refractivity contribution is 0.242. The lowest BCUT2D eigenvalue weighted by Crippen LogP contribution is -2.05. The van der Waals surface area contributed by atoms with Crippen LogP contribution in [0.5, 0.6) is 5.75 Å². The van der Waals surface area contributed by atoms with Gasteiger partial charge in [0.25, 0.3) is 0 Å². The first-order valence-electron chi connectivity index (χ1n) is 7.54. The Morgan fingerprint density at radius 2 is 2.00 bits per heavy atom. The second-order valence-electron chi connectivity index (χ2n) is 5.42. The third kappa shape index (κ3) is 3.91. The van der Waals surface area contributed by atoms with Crippen molar-refractivity contribution in [3.63, 3.8) is 0 Å². The molecule has 0 spiro atoms. The minimum atomic E-state index is 0.145. The van der Waals surface area contributed by atoms with Crippen LogP contribution in [-0.4, -0.2) is 11.1 Å². The number of hydrogen-bond acceptors (Lipinski definition) is 5. The average Bonchev–Trinajstić information content (AvgIpc) is 3.24. The Morgan fingerprint density at radius 3 is 2.62 bits per heavy atom. The number of allylic oxidation sites excluding steroid dienone is 1. The first kappa shape index (κ1) is 16.4. The van der Waals surface area contributed by atoms with Crippen LogP contribution in [0.4, 0.5) is 0 Å². The highest BCUT2D eigenvalue weighted by Gasteiger charge is 2.09. The number of benzene rings is 1. The molecule has 5 heteroatoms. The summed E-state index contributed by atoms with van der Waals surface area (Å²) < 4.78 is 5.63. The molecule has 3 aromatic rings. The monoisotopic (exact) mass is 352 g/mol. The van der Waals surface area contributed by atoms with Gasteiger partial charge in [-0.2, -0.15) is 5.26 Å². The predicted octanol–water partition coefficient (Wildman–Crippen LogP) is 5.72. The van der Waals surface area contributed by atoms with E-state index in [1.165, 1.54) is 11.3 Å². The first-order chi connectivity index (χ1) is 11.7. The number of hydrogen-bond donors (Lipinski definition) is 0. The van der Waals surface area contributed by atoms with Crippen LogP contribution in [0.2, 0.25) is 0 Å². The van der Waals surface area contributed by atoms with E-state index >= 15 is 0 Å². The summed E-state index contributed by atoms with van der Waals surface area (Å²) >= 11 is 3.14. The molecule has 0 amide bonds. The number of thiazole rings is 1. The van der Waals surface area contributed by atoms with Crippen molar-refractivity contribution in [2.75, 3.05) is 0 Å². The molecule has 3 rings (SSSR count). The van der Waals surface area contributed by atoms with Crippen molar-refractivity contribution in [2.24, 2.45) is 0 Å². The first-order valence-corrected chi connectivity index (χ1v) is 9.30. The van der Waals surface area contributed by atoms with Crippen molar-refractivity contribution in [1.29, 1.82) is 5.26 Å². The van der Waals surface area contributed by atoms with Gasteiger partial charge in [-0.1, -0.05) is 18.2 Å². The molecule has 24 heavy (non-hydrogen) atoms. The maximum atomic E-state index is 9.48. The fourth-order valence-electron chi connectivity index (χ4n) is 2.16. The van der Waals surface area contributed by atoms with Gasteiger partial charge in [-0.05, 0) is 49.1 Å². The predicted molar refractivity (Wildman–Crippen MR) is 101 cm³/mol. The summed E-state index contributed by atoms with van der Waals surface area (Å²) in [5.41, 5.74) is 2.45. The zero-order chi connectivity index (χ0) is 16.9. The van der Waals surface area contributed by atoms with Gasteiger partial charge in [0.2, 0.25) is 0 Å². The number of thiophene rings is 1. The molecular weight excluding hydrogens is 336 g/mol. The number of ether oxygens (including phenoxy) is 1. The topological polar surface area (TPSA) is 45.9 Å². The molecule has 0 aliphatic carbocycles. The normalized spacial score (nSPS) is 11.5. The molecule has 0 N–H and O–H groups in total. The maximum absolute atomic E-state index is 9.48. The highest BCUT2D eigenvalue weighted by Crippen LogP contribution is 2.29. The van der Waals surface area contributed by atoms with Crippen LogP contribution in [0, 0.1) is 11.3 Å². The fraction of sp³-hybridized carbons (Fsp3) is 0.158. The minimum absolute atomic E-state index is 0.145. The zero-order valence-corrected chi connectivity index (χ0v) is 15.0. The third-order valence-corrected chi connectivity index (χ3v) is 4.96. The Balaban J connectivity index is 1.83. The Morgan fingerprint density at radius 1 is 1.21 bits per heavy atom. The van der Waals surface area contributed by atoms with Crippen molar-refractivity contribution in [1.82, 2.24) is 4.98 Å². The number of aromatic nitrogens is 1. The second kappa shape index (κ2) is 7.43. The average molecular weight is 352 g/mol. The standard InChI is InChI=1S/C19H16N2OS2/c1-13(2)22-16-7-5-14(6-8-16)10-15(11-20)19-21-17(12-24-19)18-4-3-9-23-18/h3-10,12-13H,1-2H3/b15-10-. The summed E-state index contributed by atoms with van der Waals surface area (Å²) in [5, 5.41) is 14.2. The van der Waals surface area contributed by atoms with Crippen LogP contribution in [0.15, 0.2) is 47.2 Å². The Labute approximate surface area is 149 Å². The Bertz CT molecular complexity index is 869. The zero-order valence-electron chi connectivity index (χ0n) is 13.4. The molecule has 0 saturated heterocycles. The molecule has 0 bridgehead atoms. The van der Waals surface area contributed by atoms with E-state index < -0.39 is 0 Å². The summed E-state index contributed by atoms with van der Waals surface area (Å²) in [6.45, 7) is 3.99. The number of nitriles is 1. The lowest BCUT2D eigenvalue weighted by atomic mass is 10.1. The molecule has 2 heterocycles. The quantitative estimate of drug-likeness (QED) is 0.551. The third-order valence-electron chi connectivity index (χ3n) is 3.19. The van der Waals surface area contributed by atoms with Gasteiger partial charge >= 0.3 is 0 Å². The van der Waals surface area contributed by atoms with E-state index in [1.54, 1.807) is 11.3 Å². The molecule has 0 aliphatic heterocycles. The van der Waals surface area contributed by atoms with Gasteiger partial charge in [-0.15, -0.1) is 22.7 Å². The van der Waals surface area contributed by atoms with Crippen LogP contribution < -0.4 is 4.74 Å². The van der Waals surface area contributed by atoms with E-state index in [-0.39, 0.29) is 6.10 Å². The van der Waals surface area contributed by atoms with E-state index in [4.69, 9.17) is 4.74 Å². The van der Waals surface area contributed by atoms with Crippen molar-refractivity contribution >= 4 is 34.3 Å². The SMILES string of the molecule is CC(C)Oc1ccc(/C=C(/C#N)c2nc(-c3cccs3)cs2)cc1. The summed E-state index contributed by atoms with van der Waals surface area (Å²) in [6.07, 6.45) is 2.00. The molecule has 0 atom stereocenters. The van der Waals surface area contributed by atoms with Gasteiger partial charge < -0.3 is 4.74 Å². The molecule has 120 valence electrons. The van der Waals surface area contributed by atoms with Gasteiger partial charge in [0.15, 0.2) is 0 Å². The fourth-order valence-corrected chi connectivity index (χ4v) is 3.70. The summed E-state index contributed by atoms with van der Waals surface area (Å²) in [7, 11) is 0. The maximum Gasteiger partial charge on any atom is 0.134 e. The van der Waals surface area contributed by atoms with Gasteiger partial charge in [-0.25, -0.2) is 4.98 Å². The van der Waals surface area contributed by atoms with E-state index in [0.717, 1.165) is 26.9 Å². The van der Waals surface area contributed by atoms with Crippen LogP contribution in [0.25, 0.3) is 22.2 Å². The molecule has 3 nitrogen and oxygen atoms in total. The molecule has 1 aromatic carbocycles. The molecule has 0 saturated carbocycles. The lowest BCUT2D eigenvalue weighted by Gasteiger charge is -2.09. The van der Waals surface area contributed by atoms with Crippen LogP contribution in [0.1, 0.15) is 24.4 Å². The Kier molecular flexibility index (Phi) is 5.09. The highest BCUT2D eigenvalue weighted by atomic mass is 32.1. The second-order valence-corrected chi connectivity index (χ2v) is 7.23. The largest absolute Gasteiger partial charge is 0.491 e. The number of nitrogens with zero attached hydrogens (tertiary/aromatic N) is 2. The minimum Gasteiger partial charge on any atom is -0.491 e. The Hall–Kier alpha value is -2.42.